The fourth-order valence-electron chi connectivity index (χ4n) is 3.66. The molecule has 0 radical (unpaired) electrons. The summed E-state index contributed by atoms with van der Waals surface area (Å²) in [6.45, 7) is 0. The number of hydrogen-bond donors (Lipinski definition) is 2. The molecule has 0 aliphatic carbocycles. The number of ether oxygens (including phenoxy) is 1. The van der Waals surface area contributed by atoms with Crippen LogP contribution in [0.3, 0.4) is 0 Å². The SMILES string of the molecule is COC(=O)[C@H]1C(=O)Nc2sc(C(=O)c3ccc(Cl)cc3)c(N)c2[C@@H]1c1ccccc1. The van der Waals surface area contributed by atoms with Crippen molar-refractivity contribution in [3.05, 3.63) is 81.2 Å². The van der Waals surface area contributed by atoms with E-state index in [0.717, 1.165) is 16.9 Å². The lowest BCUT2D eigenvalue weighted by Crippen LogP contribution is -2.39. The Kier molecular flexibility index (Phi) is 5.32. The number of carbonyl (C=O) groups is 3. The first-order chi connectivity index (χ1) is 14.4. The largest absolute Gasteiger partial charge is 0.468 e. The van der Waals surface area contributed by atoms with Gasteiger partial charge >= 0.3 is 5.97 Å². The summed E-state index contributed by atoms with van der Waals surface area (Å²) >= 11 is 7.01. The number of nitrogens with two attached hydrogens (primary N) is 1. The third kappa shape index (κ3) is 3.36. The van der Waals surface area contributed by atoms with Crippen molar-refractivity contribution in [3.63, 3.8) is 0 Å². The molecule has 1 aliphatic heterocycles. The molecule has 0 unspecified atom stereocenters. The van der Waals surface area contributed by atoms with E-state index in [-0.39, 0.29) is 11.5 Å². The maximum atomic E-state index is 13.1. The number of methoxy groups -OCH3 is 1. The lowest BCUT2D eigenvalue weighted by atomic mass is 9.78. The molecule has 2 heterocycles. The topological polar surface area (TPSA) is 98.5 Å². The minimum Gasteiger partial charge on any atom is -0.468 e. The molecule has 0 fully saturated rings. The summed E-state index contributed by atoms with van der Waals surface area (Å²) in [6, 6.07) is 15.6. The number of carbonyl (C=O) groups excluding carboxylic acids is 3. The predicted octanol–water partition coefficient (Wildman–Crippen LogP) is 4.09. The smallest absolute Gasteiger partial charge is 0.319 e. The Labute approximate surface area is 181 Å². The van der Waals surface area contributed by atoms with Gasteiger partial charge in [-0.1, -0.05) is 41.9 Å². The van der Waals surface area contributed by atoms with Crippen LogP contribution in [-0.2, 0) is 14.3 Å². The van der Waals surface area contributed by atoms with Crippen molar-refractivity contribution in [3.8, 4) is 0 Å². The molecule has 4 rings (SSSR count). The number of benzene rings is 2. The Hall–Kier alpha value is -3.16. The molecule has 8 heteroatoms. The zero-order valence-corrected chi connectivity index (χ0v) is 17.4. The summed E-state index contributed by atoms with van der Waals surface area (Å²) in [5.74, 6) is -3.21. The molecule has 0 spiro atoms. The number of esters is 1. The third-order valence-electron chi connectivity index (χ3n) is 5.07. The van der Waals surface area contributed by atoms with Gasteiger partial charge in [0.05, 0.1) is 12.8 Å². The Morgan fingerprint density at radius 2 is 1.77 bits per heavy atom. The lowest BCUT2D eigenvalue weighted by Gasteiger charge is -2.30. The van der Waals surface area contributed by atoms with Crippen LogP contribution in [0.15, 0.2) is 54.6 Å². The highest BCUT2D eigenvalue weighted by molar-refractivity contribution is 7.19. The van der Waals surface area contributed by atoms with Crippen LogP contribution in [0, 0.1) is 5.92 Å². The van der Waals surface area contributed by atoms with Crippen LogP contribution in [0.5, 0.6) is 0 Å². The average molecular weight is 441 g/mol. The van der Waals surface area contributed by atoms with E-state index in [1.807, 2.05) is 30.3 Å². The molecule has 0 bridgehead atoms. The van der Waals surface area contributed by atoms with Gasteiger partial charge in [0.25, 0.3) is 0 Å². The first-order valence-corrected chi connectivity index (χ1v) is 10.3. The van der Waals surface area contributed by atoms with E-state index < -0.39 is 23.7 Å². The highest BCUT2D eigenvalue weighted by Gasteiger charge is 2.45. The summed E-state index contributed by atoms with van der Waals surface area (Å²) in [5.41, 5.74) is 8.39. The van der Waals surface area contributed by atoms with Gasteiger partial charge in [-0.3, -0.25) is 14.4 Å². The van der Waals surface area contributed by atoms with Gasteiger partial charge in [0.15, 0.2) is 0 Å². The number of thiophene rings is 1. The number of fused-ring (bicyclic) bond motifs is 1. The highest BCUT2D eigenvalue weighted by Crippen LogP contribution is 2.49. The van der Waals surface area contributed by atoms with Crippen LogP contribution in [-0.4, -0.2) is 24.8 Å². The van der Waals surface area contributed by atoms with Crippen molar-refractivity contribution in [2.75, 3.05) is 18.2 Å². The quantitative estimate of drug-likeness (QED) is 0.361. The summed E-state index contributed by atoms with van der Waals surface area (Å²) < 4.78 is 4.88. The normalized spacial score (nSPS) is 17.7. The van der Waals surface area contributed by atoms with Crippen LogP contribution in [0.1, 0.15) is 32.3 Å². The Bertz CT molecular complexity index is 1140. The van der Waals surface area contributed by atoms with Gasteiger partial charge in [-0.05, 0) is 29.8 Å². The van der Waals surface area contributed by atoms with Crippen LogP contribution in [0.2, 0.25) is 5.02 Å². The molecular formula is C22H17ClN2O4S. The van der Waals surface area contributed by atoms with E-state index in [4.69, 9.17) is 22.1 Å². The zero-order valence-electron chi connectivity index (χ0n) is 15.8. The Balaban J connectivity index is 1.87. The number of amides is 1. The predicted molar refractivity (Wildman–Crippen MR) is 116 cm³/mol. The van der Waals surface area contributed by atoms with Crippen molar-refractivity contribution < 1.29 is 19.1 Å². The fraction of sp³-hybridized carbons (Fsp3) is 0.136. The second kappa shape index (κ2) is 7.93. The van der Waals surface area contributed by atoms with E-state index in [1.165, 1.54) is 7.11 Å². The molecule has 3 N–H and O–H groups in total. The van der Waals surface area contributed by atoms with Crippen LogP contribution in [0.4, 0.5) is 10.7 Å². The minimum absolute atomic E-state index is 0.248. The number of halogens is 1. The summed E-state index contributed by atoms with van der Waals surface area (Å²) in [4.78, 5) is 38.6. The van der Waals surface area contributed by atoms with E-state index in [2.05, 4.69) is 5.32 Å². The van der Waals surface area contributed by atoms with Gasteiger partial charge < -0.3 is 15.8 Å². The molecule has 2 aromatic carbocycles. The molecule has 1 aliphatic rings. The summed E-state index contributed by atoms with van der Waals surface area (Å²) in [7, 11) is 1.24. The molecule has 0 saturated heterocycles. The van der Waals surface area contributed by atoms with Gasteiger partial charge in [-0.25, -0.2) is 0 Å². The number of anilines is 2. The van der Waals surface area contributed by atoms with Crippen LogP contribution >= 0.6 is 22.9 Å². The number of hydrogen-bond acceptors (Lipinski definition) is 6. The second-order valence-electron chi connectivity index (χ2n) is 6.80. The van der Waals surface area contributed by atoms with E-state index in [9.17, 15) is 14.4 Å². The fourth-order valence-corrected chi connectivity index (χ4v) is 4.92. The Morgan fingerprint density at radius 3 is 2.40 bits per heavy atom. The number of nitrogens with one attached hydrogen (secondary N) is 1. The molecule has 0 saturated carbocycles. The van der Waals surface area contributed by atoms with Gasteiger partial charge in [-0.2, -0.15) is 0 Å². The first-order valence-electron chi connectivity index (χ1n) is 9.08. The van der Waals surface area contributed by atoms with Gasteiger partial charge in [0, 0.05) is 22.1 Å². The van der Waals surface area contributed by atoms with Crippen LogP contribution in [0.25, 0.3) is 0 Å². The van der Waals surface area contributed by atoms with Gasteiger partial charge in [-0.15, -0.1) is 11.3 Å². The molecule has 3 aromatic rings. The van der Waals surface area contributed by atoms with E-state index in [0.29, 0.717) is 26.0 Å². The number of ketones is 1. The Morgan fingerprint density at radius 1 is 1.10 bits per heavy atom. The monoisotopic (exact) mass is 440 g/mol. The van der Waals surface area contributed by atoms with Crippen molar-refractivity contribution in [1.29, 1.82) is 0 Å². The number of rotatable bonds is 4. The van der Waals surface area contributed by atoms with Crippen molar-refractivity contribution in [2.24, 2.45) is 5.92 Å². The van der Waals surface area contributed by atoms with E-state index in [1.54, 1.807) is 24.3 Å². The maximum absolute atomic E-state index is 13.1. The lowest BCUT2D eigenvalue weighted by molar-refractivity contribution is -0.149. The van der Waals surface area contributed by atoms with Crippen LogP contribution < -0.4 is 11.1 Å². The molecule has 1 amide bonds. The van der Waals surface area contributed by atoms with Gasteiger partial charge in [0.2, 0.25) is 11.7 Å². The van der Waals surface area contributed by atoms with E-state index >= 15 is 0 Å². The maximum Gasteiger partial charge on any atom is 0.319 e. The third-order valence-corrected chi connectivity index (χ3v) is 6.46. The standard InChI is InChI=1S/C22H17ClN2O4S/c1-29-22(28)16-14(11-5-3-2-4-6-11)15-17(24)19(30-21(15)25-20(16)27)18(26)12-7-9-13(23)10-8-12/h2-10,14,16H,24H2,1H3,(H,25,27)/t14-,16+/m0/s1. The minimum atomic E-state index is -1.11. The van der Waals surface area contributed by atoms with Gasteiger partial charge in [0.1, 0.15) is 15.8 Å². The first kappa shape index (κ1) is 20.1. The van der Waals surface area contributed by atoms with Crippen molar-refractivity contribution >= 4 is 51.3 Å². The van der Waals surface area contributed by atoms with Crippen molar-refractivity contribution in [1.82, 2.24) is 0 Å². The number of nitrogen functional groups attached to an aromatic ring is 1. The molecule has 152 valence electrons. The molecule has 1 aromatic heterocycles. The summed E-state index contributed by atoms with van der Waals surface area (Å²) in [6.07, 6.45) is 0. The molecular weight excluding hydrogens is 424 g/mol. The van der Waals surface area contributed by atoms with Crippen molar-refractivity contribution in [2.45, 2.75) is 5.92 Å². The zero-order chi connectivity index (χ0) is 21.4. The second-order valence-corrected chi connectivity index (χ2v) is 8.26. The average Bonchev–Trinajstić information content (AvgIpc) is 3.08. The highest BCUT2D eigenvalue weighted by atomic mass is 35.5. The molecule has 30 heavy (non-hydrogen) atoms. The summed E-state index contributed by atoms with van der Waals surface area (Å²) in [5, 5.41) is 3.70. The molecule has 2 atom stereocenters. The molecule has 6 nitrogen and oxygen atoms in total.